The predicted octanol–water partition coefficient (Wildman–Crippen LogP) is 3.94. The number of carbonyl (C=O) groups is 1. The molecule has 0 aromatic heterocycles. The van der Waals surface area contributed by atoms with E-state index < -0.39 is 5.60 Å². The van der Waals surface area contributed by atoms with Crippen LogP contribution in [0, 0.1) is 0 Å². The lowest BCUT2D eigenvalue weighted by atomic mass is 9.97. The quantitative estimate of drug-likeness (QED) is 0.836. The van der Waals surface area contributed by atoms with Gasteiger partial charge in [-0.3, -0.25) is 0 Å². The van der Waals surface area contributed by atoms with Crippen molar-refractivity contribution in [2.75, 3.05) is 6.54 Å². The van der Waals surface area contributed by atoms with E-state index in [1.807, 2.05) is 25.7 Å². The summed E-state index contributed by atoms with van der Waals surface area (Å²) in [4.78, 5) is 14.1. The van der Waals surface area contributed by atoms with E-state index in [0.29, 0.717) is 12.1 Å². The third kappa shape index (κ3) is 6.68. The molecule has 4 nitrogen and oxygen atoms in total. The maximum atomic E-state index is 12.2. The summed E-state index contributed by atoms with van der Waals surface area (Å²) in [6.45, 7) is 13.1. The number of rotatable bonds is 5. The van der Waals surface area contributed by atoms with E-state index in [1.165, 1.54) is 19.3 Å². The lowest BCUT2D eigenvalue weighted by Gasteiger charge is -2.39. The summed E-state index contributed by atoms with van der Waals surface area (Å²) in [5.41, 5.74) is -0.416. The number of hydrogen-bond donors (Lipinski definition) is 1. The fourth-order valence-electron chi connectivity index (χ4n) is 2.91. The van der Waals surface area contributed by atoms with Crippen LogP contribution in [0.5, 0.6) is 0 Å². The molecule has 0 aromatic carbocycles. The van der Waals surface area contributed by atoms with Crippen molar-refractivity contribution < 1.29 is 9.53 Å². The Balaban J connectivity index is 2.41. The molecule has 124 valence electrons. The number of hydrogen-bond acceptors (Lipinski definition) is 3. The fraction of sp³-hybridized carbons (Fsp3) is 0.941. The highest BCUT2D eigenvalue weighted by Gasteiger charge is 2.31. The summed E-state index contributed by atoms with van der Waals surface area (Å²) in [5.74, 6) is 0. The number of ether oxygens (including phenoxy) is 1. The Bertz CT molecular complexity index is 325. The summed E-state index contributed by atoms with van der Waals surface area (Å²) >= 11 is 0. The van der Waals surface area contributed by atoms with Gasteiger partial charge in [-0.15, -0.1) is 0 Å². The summed E-state index contributed by atoms with van der Waals surface area (Å²) < 4.78 is 5.48. The van der Waals surface area contributed by atoms with Crippen LogP contribution in [-0.2, 0) is 4.74 Å². The molecule has 0 radical (unpaired) electrons. The van der Waals surface area contributed by atoms with E-state index in [4.69, 9.17) is 4.74 Å². The van der Waals surface area contributed by atoms with Gasteiger partial charge >= 0.3 is 6.09 Å². The second-order valence-electron chi connectivity index (χ2n) is 7.45. The Morgan fingerprint density at radius 2 is 2.10 bits per heavy atom. The Morgan fingerprint density at radius 3 is 2.62 bits per heavy atom. The second kappa shape index (κ2) is 8.02. The Kier molecular flexibility index (Phi) is 6.98. The van der Waals surface area contributed by atoms with E-state index in [9.17, 15) is 4.79 Å². The molecule has 3 atom stereocenters. The largest absolute Gasteiger partial charge is 0.444 e. The van der Waals surface area contributed by atoms with Crippen molar-refractivity contribution in [3.63, 3.8) is 0 Å². The van der Waals surface area contributed by atoms with Crippen LogP contribution < -0.4 is 5.32 Å². The molecular formula is C17H34N2O2. The van der Waals surface area contributed by atoms with Gasteiger partial charge in [-0.2, -0.15) is 0 Å². The van der Waals surface area contributed by atoms with Crippen LogP contribution in [0.25, 0.3) is 0 Å². The summed E-state index contributed by atoms with van der Waals surface area (Å²) in [6, 6.07) is 1.32. The zero-order chi connectivity index (χ0) is 16.0. The van der Waals surface area contributed by atoms with Gasteiger partial charge in [-0.05, 0) is 53.9 Å². The molecule has 1 aliphatic rings. The lowest BCUT2D eigenvalue weighted by Crippen LogP contribution is -2.52. The summed E-state index contributed by atoms with van der Waals surface area (Å²) in [6.07, 6.45) is 5.61. The first-order chi connectivity index (χ1) is 9.73. The summed E-state index contributed by atoms with van der Waals surface area (Å²) in [5, 5.41) is 3.71. The molecule has 1 fully saturated rings. The number of nitrogens with zero attached hydrogens (tertiary/aromatic N) is 1. The third-order valence-electron chi connectivity index (χ3n) is 4.02. The van der Waals surface area contributed by atoms with Crippen LogP contribution in [-0.4, -0.2) is 41.3 Å². The van der Waals surface area contributed by atoms with Crippen molar-refractivity contribution >= 4 is 6.09 Å². The average molecular weight is 298 g/mol. The second-order valence-corrected chi connectivity index (χ2v) is 7.45. The molecule has 1 rings (SSSR count). The van der Waals surface area contributed by atoms with E-state index in [-0.39, 0.29) is 12.1 Å². The van der Waals surface area contributed by atoms with Gasteiger partial charge in [-0.1, -0.05) is 19.8 Å². The predicted molar refractivity (Wildman–Crippen MR) is 87.5 cm³/mol. The number of carbonyl (C=O) groups excluding carboxylic acids is 1. The molecule has 1 aliphatic heterocycles. The molecule has 21 heavy (non-hydrogen) atoms. The summed E-state index contributed by atoms with van der Waals surface area (Å²) in [7, 11) is 0. The van der Waals surface area contributed by atoms with Crippen molar-refractivity contribution in [2.45, 2.75) is 97.4 Å². The molecule has 0 aliphatic carbocycles. The minimum atomic E-state index is -0.416. The van der Waals surface area contributed by atoms with E-state index in [0.717, 1.165) is 19.4 Å². The normalized spacial score (nSPS) is 24.8. The first kappa shape index (κ1) is 18.3. The van der Waals surface area contributed by atoms with Crippen LogP contribution in [0.4, 0.5) is 4.79 Å². The lowest BCUT2D eigenvalue weighted by molar-refractivity contribution is 0.00903. The number of unbranched alkanes of at least 4 members (excludes halogenated alkanes) is 1. The Morgan fingerprint density at radius 1 is 1.43 bits per heavy atom. The minimum Gasteiger partial charge on any atom is -0.444 e. The zero-order valence-corrected chi connectivity index (χ0v) is 14.7. The van der Waals surface area contributed by atoms with Crippen LogP contribution >= 0.6 is 0 Å². The van der Waals surface area contributed by atoms with Gasteiger partial charge in [0.15, 0.2) is 0 Å². The van der Waals surface area contributed by atoms with E-state index in [2.05, 4.69) is 26.1 Å². The number of likely N-dealkylation sites (tertiary alicyclic amines) is 1. The molecule has 0 saturated carbocycles. The van der Waals surface area contributed by atoms with Gasteiger partial charge in [0, 0.05) is 24.7 Å². The maximum absolute atomic E-state index is 12.2. The first-order valence-corrected chi connectivity index (χ1v) is 8.48. The molecule has 3 unspecified atom stereocenters. The standard InChI is InChI=1S/C17H34N2O2/c1-7-8-9-13(2)18-15-10-11-19(14(3)12-15)16(20)21-17(4,5)6/h13-15,18H,7-12H2,1-6H3. The van der Waals surface area contributed by atoms with Crippen molar-refractivity contribution in [3.05, 3.63) is 0 Å². The van der Waals surface area contributed by atoms with Crippen molar-refractivity contribution in [3.8, 4) is 0 Å². The smallest absolute Gasteiger partial charge is 0.410 e. The van der Waals surface area contributed by atoms with Gasteiger partial charge in [0.25, 0.3) is 0 Å². The van der Waals surface area contributed by atoms with Crippen molar-refractivity contribution in [2.24, 2.45) is 0 Å². The molecule has 0 aromatic rings. The Labute approximate surface area is 130 Å². The van der Waals surface area contributed by atoms with Crippen molar-refractivity contribution in [1.29, 1.82) is 0 Å². The van der Waals surface area contributed by atoms with Crippen LogP contribution in [0.1, 0.15) is 73.6 Å². The molecule has 1 saturated heterocycles. The van der Waals surface area contributed by atoms with Gasteiger partial charge in [0.05, 0.1) is 0 Å². The molecule has 0 bridgehead atoms. The van der Waals surface area contributed by atoms with E-state index >= 15 is 0 Å². The van der Waals surface area contributed by atoms with Gasteiger partial charge in [0.2, 0.25) is 0 Å². The number of amides is 1. The third-order valence-corrected chi connectivity index (χ3v) is 4.02. The monoisotopic (exact) mass is 298 g/mol. The van der Waals surface area contributed by atoms with Gasteiger partial charge in [0.1, 0.15) is 5.60 Å². The first-order valence-electron chi connectivity index (χ1n) is 8.48. The highest BCUT2D eigenvalue weighted by molar-refractivity contribution is 5.68. The van der Waals surface area contributed by atoms with Gasteiger partial charge in [-0.25, -0.2) is 4.79 Å². The molecular weight excluding hydrogens is 264 g/mol. The Hall–Kier alpha value is -0.770. The van der Waals surface area contributed by atoms with E-state index in [1.54, 1.807) is 0 Å². The fourth-order valence-corrected chi connectivity index (χ4v) is 2.91. The maximum Gasteiger partial charge on any atom is 0.410 e. The average Bonchev–Trinajstić information content (AvgIpc) is 2.34. The molecule has 1 amide bonds. The SMILES string of the molecule is CCCCC(C)NC1CCN(C(=O)OC(C)(C)C)C(C)C1. The molecule has 1 heterocycles. The van der Waals surface area contributed by atoms with Crippen LogP contribution in [0.15, 0.2) is 0 Å². The number of nitrogens with one attached hydrogen (secondary N) is 1. The molecule has 4 heteroatoms. The highest BCUT2D eigenvalue weighted by Crippen LogP contribution is 2.21. The van der Waals surface area contributed by atoms with Crippen LogP contribution in [0.3, 0.4) is 0 Å². The van der Waals surface area contributed by atoms with Crippen LogP contribution in [0.2, 0.25) is 0 Å². The van der Waals surface area contributed by atoms with Gasteiger partial charge < -0.3 is 15.0 Å². The zero-order valence-electron chi connectivity index (χ0n) is 14.7. The highest BCUT2D eigenvalue weighted by atomic mass is 16.6. The minimum absolute atomic E-state index is 0.174. The number of piperidine rings is 1. The topological polar surface area (TPSA) is 41.6 Å². The molecule has 0 spiro atoms. The van der Waals surface area contributed by atoms with Crippen molar-refractivity contribution in [1.82, 2.24) is 10.2 Å². The molecule has 1 N–H and O–H groups in total.